The molecule has 3 heteroatoms. The van der Waals surface area contributed by atoms with Crippen molar-refractivity contribution in [3.05, 3.63) is 35.5 Å². The van der Waals surface area contributed by atoms with E-state index in [4.69, 9.17) is 0 Å². The number of hydrogen-bond donors (Lipinski definition) is 1. The number of nitrogens with zero attached hydrogens (tertiary/aromatic N) is 1. The first-order chi connectivity index (χ1) is 8.41. The molecule has 1 N–H and O–H groups in total. The zero-order chi connectivity index (χ0) is 13.4. The van der Waals surface area contributed by atoms with Crippen LogP contribution < -0.4 is 0 Å². The lowest BCUT2D eigenvalue weighted by atomic mass is 10.1. The van der Waals surface area contributed by atoms with Crippen LogP contribution in [0, 0.1) is 6.92 Å². The molecule has 1 atom stereocenters. The largest absolute Gasteiger partial charge is 0.481 e. The molecule has 0 saturated carbocycles. The molecule has 0 aliphatic rings. The van der Waals surface area contributed by atoms with E-state index in [-0.39, 0.29) is 6.04 Å². The smallest absolute Gasteiger partial charge is 0.312 e. The van der Waals surface area contributed by atoms with E-state index in [1.165, 1.54) is 5.56 Å². The number of aromatic nitrogens is 1. The van der Waals surface area contributed by atoms with Crippen LogP contribution in [0.3, 0.4) is 0 Å². The monoisotopic (exact) mass is 245 g/mol. The van der Waals surface area contributed by atoms with Crippen LogP contribution in [-0.2, 0) is 4.79 Å². The molecule has 0 aliphatic heterocycles. The summed E-state index contributed by atoms with van der Waals surface area (Å²) >= 11 is 0. The Morgan fingerprint density at radius 2 is 1.89 bits per heavy atom. The summed E-state index contributed by atoms with van der Waals surface area (Å²) in [4.78, 5) is 11.2. The number of aryl methyl sites for hydroxylation is 1. The third-order valence-electron chi connectivity index (χ3n) is 3.35. The van der Waals surface area contributed by atoms with Crippen LogP contribution in [0.25, 0.3) is 10.9 Å². The molecule has 1 unspecified atom stereocenters. The first-order valence-electron chi connectivity index (χ1n) is 6.26. The highest BCUT2D eigenvalue weighted by molar-refractivity contribution is 5.85. The number of fused-ring (bicyclic) bond motifs is 1. The minimum Gasteiger partial charge on any atom is -0.481 e. The molecular formula is C15H19NO2. The molecule has 3 nitrogen and oxygen atoms in total. The van der Waals surface area contributed by atoms with Gasteiger partial charge < -0.3 is 9.67 Å². The lowest BCUT2D eigenvalue weighted by molar-refractivity contribution is -0.138. The fraction of sp³-hybridized carbons (Fsp3) is 0.400. The highest BCUT2D eigenvalue weighted by Gasteiger charge is 2.21. The summed E-state index contributed by atoms with van der Waals surface area (Å²) in [6.07, 6.45) is 0. The molecule has 2 aromatic rings. The predicted octanol–water partition coefficient (Wildman–Crippen LogP) is 3.72. The summed E-state index contributed by atoms with van der Waals surface area (Å²) in [6.45, 7) is 7.95. The summed E-state index contributed by atoms with van der Waals surface area (Å²) in [7, 11) is 0. The van der Waals surface area contributed by atoms with Crippen molar-refractivity contribution in [3.8, 4) is 0 Å². The van der Waals surface area contributed by atoms with Gasteiger partial charge in [0.05, 0.1) is 5.92 Å². The number of benzene rings is 1. The molecule has 1 aromatic heterocycles. The molecule has 0 amide bonds. The van der Waals surface area contributed by atoms with Gasteiger partial charge >= 0.3 is 5.97 Å². The fourth-order valence-corrected chi connectivity index (χ4v) is 2.41. The van der Waals surface area contributed by atoms with Gasteiger partial charge in [-0.3, -0.25) is 4.79 Å². The Morgan fingerprint density at radius 3 is 2.44 bits per heavy atom. The molecule has 0 spiro atoms. The second-order valence-electron chi connectivity index (χ2n) is 5.16. The molecule has 0 bridgehead atoms. The normalized spacial score (nSPS) is 13.2. The zero-order valence-electron chi connectivity index (χ0n) is 11.3. The van der Waals surface area contributed by atoms with Crippen LogP contribution in [0.15, 0.2) is 24.3 Å². The van der Waals surface area contributed by atoms with Crippen molar-refractivity contribution in [1.82, 2.24) is 4.57 Å². The Bertz CT molecular complexity index is 596. The molecule has 0 aliphatic carbocycles. The summed E-state index contributed by atoms with van der Waals surface area (Å²) in [5.74, 6) is -1.27. The van der Waals surface area contributed by atoms with E-state index >= 15 is 0 Å². The van der Waals surface area contributed by atoms with Crippen LogP contribution in [0.4, 0.5) is 0 Å². The molecule has 18 heavy (non-hydrogen) atoms. The van der Waals surface area contributed by atoms with Crippen molar-refractivity contribution < 1.29 is 9.90 Å². The summed E-state index contributed by atoms with van der Waals surface area (Å²) < 4.78 is 2.12. The minimum absolute atomic E-state index is 0.252. The molecule has 0 radical (unpaired) electrons. The van der Waals surface area contributed by atoms with Gasteiger partial charge in [0.1, 0.15) is 0 Å². The van der Waals surface area contributed by atoms with Crippen molar-refractivity contribution in [2.24, 2.45) is 0 Å². The molecule has 96 valence electrons. The van der Waals surface area contributed by atoms with Crippen molar-refractivity contribution >= 4 is 16.9 Å². The topological polar surface area (TPSA) is 42.2 Å². The van der Waals surface area contributed by atoms with Crippen LogP contribution in [0.5, 0.6) is 0 Å². The van der Waals surface area contributed by atoms with E-state index in [0.29, 0.717) is 0 Å². The van der Waals surface area contributed by atoms with E-state index in [9.17, 15) is 9.90 Å². The Morgan fingerprint density at radius 1 is 1.22 bits per heavy atom. The van der Waals surface area contributed by atoms with Gasteiger partial charge in [-0.2, -0.15) is 0 Å². The standard InChI is InChI=1S/C15H19NO2/c1-9(2)16-13-6-5-10(3)7-12(13)8-14(16)11(4)15(17)18/h5-9,11H,1-4H3,(H,17,18). The van der Waals surface area contributed by atoms with E-state index in [1.807, 2.05) is 13.0 Å². The maximum atomic E-state index is 11.2. The van der Waals surface area contributed by atoms with E-state index in [0.717, 1.165) is 16.6 Å². The van der Waals surface area contributed by atoms with Crippen molar-refractivity contribution in [2.45, 2.75) is 39.7 Å². The van der Waals surface area contributed by atoms with Crippen LogP contribution in [0.2, 0.25) is 0 Å². The highest BCUT2D eigenvalue weighted by atomic mass is 16.4. The van der Waals surface area contributed by atoms with Gasteiger partial charge in [-0.15, -0.1) is 0 Å². The zero-order valence-corrected chi connectivity index (χ0v) is 11.3. The number of rotatable bonds is 3. The van der Waals surface area contributed by atoms with Gasteiger partial charge in [-0.05, 0) is 45.9 Å². The van der Waals surface area contributed by atoms with E-state index in [1.54, 1.807) is 6.92 Å². The third kappa shape index (κ3) is 2.01. The molecule has 2 rings (SSSR count). The SMILES string of the molecule is Cc1ccc2c(c1)cc(C(C)C(=O)O)n2C(C)C. The van der Waals surface area contributed by atoms with Crippen LogP contribution in [0.1, 0.15) is 44.0 Å². The lowest BCUT2D eigenvalue weighted by Gasteiger charge is -2.17. The fourth-order valence-electron chi connectivity index (χ4n) is 2.41. The quantitative estimate of drug-likeness (QED) is 0.895. The second-order valence-corrected chi connectivity index (χ2v) is 5.16. The number of carboxylic acids is 1. The van der Waals surface area contributed by atoms with Gasteiger partial charge in [0.15, 0.2) is 0 Å². The van der Waals surface area contributed by atoms with Crippen molar-refractivity contribution in [2.75, 3.05) is 0 Å². The maximum Gasteiger partial charge on any atom is 0.312 e. The lowest BCUT2D eigenvalue weighted by Crippen LogP contribution is -2.14. The molecule has 1 heterocycles. The van der Waals surface area contributed by atoms with Crippen molar-refractivity contribution in [3.63, 3.8) is 0 Å². The molecule has 1 aromatic carbocycles. The molecular weight excluding hydrogens is 226 g/mol. The number of carbonyl (C=O) groups is 1. The average molecular weight is 245 g/mol. The average Bonchev–Trinajstić information content (AvgIpc) is 2.65. The minimum atomic E-state index is -0.781. The van der Waals surface area contributed by atoms with Gasteiger partial charge in [0, 0.05) is 22.6 Å². The van der Waals surface area contributed by atoms with Gasteiger partial charge in [-0.25, -0.2) is 0 Å². The van der Waals surface area contributed by atoms with Gasteiger partial charge in [0.25, 0.3) is 0 Å². The maximum absolute atomic E-state index is 11.2. The molecule has 0 fully saturated rings. The first kappa shape index (κ1) is 12.7. The number of hydrogen-bond acceptors (Lipinski definition) is 1. The predicted molar refractivity (Wildman–Crippen MR) is 73.1 cm³/mol. The molecule has 0 saturated heterocycles. The number of aliphatic carboxylic acids is 1. The van der Waals surface area contributed by atoms with Gasteiger partial charge in [-0.1, -0.05) is 11.6 Å². The first-order valence-corrected chi connectivity index (χ1v) is 6.26. The summed E-state index contributed by atoms with van der Waals surface area (Å²) in [5, 5.41) is 10.3. The van der Waals surface area contributed by atoms with Gasteiger partial charge in [0.2, 0.25) is 0 Å². The number of carboxylic acid groups (broad SMARTS) is 1. The Hall–Kier alpha value is -1.77. The highest BCUT2D eigenvalue weighted by Crippen LogP contribution is 2.29. The van der Waals surface area contributed by atoms with E-state index < -0.39 is 11.9 Å². The Balaban J connectivity index is 2.72. The second kappa shape index (κ2) is 4.48. The van der Waals surface area contributed by atoms with Crippen LogP contribution in [-0.4, -0.2) is 15.6 Å². The summed E-state index contributed by atoms with van der Waals surface area (Å²) in [5.41, 5.74) is 3.18. The van der Waals surface area contributed by atoms with Crippen LogP contribution >= 0.6 is 0 Å². The Kier molecular flexibility index (Phi) is 3.16. The third-order valence-corrected chi connectivity index (χ3v) is 3.35. The Labute approximate surface area is 107 Å². The van der Waals surface area contributed by atoms with Crippen molar-refractivity contribution in [1.29, 1.82) is 0 Å². The summed E-state index contributed by atoms with van der Waals surface area (Å²) in [6, 6.07) is 8.49. The van der Waals surface area contributed by atoms with E-state index in [2.05, 4.69) is 36.6 Å².